The van der Waals surface area contributed by atoms with Crippen LogP contribution in [0.25, 0.3) is 23.0 Å². The number of benzene rings is 2. The Morgan fingerprint density at radius 1 is 1.14 bits per heavy atom. The molecule has 0 bridgehead atoms. The average molecular weight is 517 g/mol. The first-order valence-electron chi connectivity index (χ1n) is 12.7. The molecule has 2 aliphatic rings. The molecule has 0 saturated carbocycles. The summed E-state index contributed by atoms with van der Waals surface area (Å²) in [5.41, 5.74) is 4.63. The summed E-state index contributed by atoms with van der Waals surface area (Å²) in [5.74, 6) is 0.659. The number of aromatic nitrogens is 2. The van der Waals surface area contributed by atoms with Crippen LogP contribution >= 0.6 is 11.8 Å². The van der Waals surface area contributed by atoms with Crippen molar-refractivity contribution in [1.82, 2.24) is 14.7 Å². The topological polar surface area (TPSA) is 68.9 Å². The molecule has 0 spiro atoms. The normalized spacial score (nSPS) is 21.0. The second-order valence-corrected chi connectivity index (χ2v) is 10.5. The van der Waals surface area contributed by atoms with Gasteiger partial charge in [-0.25, -0.2) is 4.68 Å². The van der Waals surface area contributed by atoms with Crippen LogP contribution in [0.15, 0.2) is 64.6 Å². The van der Waals surface area contributed by atoms with Gasteiger partial charge in [0.05, 0.1) is 29.4 Å². The Bertz CT molecular complexity index is 1340. The van der Waals surface area contributed by atoms with Crippen LogP contribution in [-0.2, 0) is 9.53 Å². The van der Waals surface area contributed by atoms with Crippen LogP contribution in [0.2, 0.25) is 0 Å². The van der Waals surface area contributed by atoms with Crippen molar-refractivity contribution in [2.75, 3.05) is 19.7 Å². The number of hydrogen-bond donors (Lipinski definition) is 0. The zero-order valence-electron chi connectivity index (χ0n) is 21.7. The molecular weight excluding hydrogens is 484 g/mol. The van der Waals surface area contributed by atoms with Crippen molar-refractivity contribution in [3.05, 3.63) is 70.8 Å². The van der Waals surface area contributed by atoms with Crippen molar-refractivity contribution >= 4 is 28.9 Å². The minimum absolute atomic E-state index is 0.0957. The molecule has 5 rings (SSSR count). The minimum atomic E-state index is -0.218. The molecule has 2 atom stereocenters. The molecule has 192 valence electrons. The first kappa shape index (κ1) is 25.3. The lowest BCUT2D eigenvalue weighted by atomic mass is 10.0. The average Bonchev–Trinajstić information content (AvgIpc) is 3.47. The Hall–Kier alpha value is -3.36. The van der Waals surface area contributed by atoms with Crippen LogP contribution in [-0.4, -0.2) is 57.7 Å². The fourth-order valence-corrected chi connectivity index (χ4v) is 5.53. The number of amides is 1. The van der Waals surface area contributed by atoms with E-state index >= 15 is 0 Å². The van der Waals surface area contributed by atoms with Gasteiger partial charge in [0.25, 0.3) is 5.91 Å². The number of aliphatic imine (C=N–C) groups is 1. The quantitative estimate of drug-likeness (QED) is 0.391. The van der Waals surface area contributed by atoms with E-state index in [2.05, 4.69) is 22.9 Å². The summed E-state index contributed by atoms with van der Waals surface area (Å²) in [6.45, 7) is 10.4. The van der Waals surface area contributed by atoms with E-state index in [4.69, 9.17) is 14.6 Å². The van der Waals surface area contributed by atoms with E-state index < -0.39 is 0 Å². The lowest BCUT2D eigenvalue weighted by molar-refractivity contribution is -0.113. The summed E-state index contributed by atoms with van der Waals surface area (Å²) in [4.78, 5) is 20.1. The second-order valence-electron chi connectivity index (χ2n) is 9.51. The Labute approximate surface area is 222 Å². The summed E-state index contributed by atoms with van der Waals surface area (Å²) < 4.78 is 13.6. The maximum atomic E-state index is 12.9. The van der Waals surface area contributed by atoms with E-state index in [0.717, 1.165) is 58.5 Å². The SMILES string of the molecule is CCCOc1ccc(-c2nn(-c3ccccc3)cc2C=C2SC(N3CC(C)OC(C)C3)=NC2=O)cc1C. The molecule has 2 aliphatic heterocycles. The van der Waals surface area contributed by atoms with E-state index in [-0.39, 0.29) is 18.1 Å². The van der Waals surface area contributed by atoms with Crippen LogP contribution in [0, 0.1) is 6.92 Å². The third-order valence-corrected chi connectivity index (χ3v) is 7.30. The van der Waals surface area contributed by atoms with Gasteiger partial charge in [0, 0.05) is 30.4 Å². The second kappa shape index (κ2) is 10.9. The standard InChI is InChI=1S/C29H32N4O3S/c1-5-13-35-25-12-11-22(14-19(25)2)27-23(18-33(31-27)24-9-7-6-8-10-24)15-26-28(34)30-29(37-26)32-16-20(3)36-21(4)17-32/h6-12,14-15,18,20-21H,5,13,16-17H2,1-4H3. The van der Waals surface area contributed by atoms with Gasteiger partial charge in [0.15, 0.2) is 5.17 Å². The molecule has 3 aromatic rings. The van der Waals surface area contributed by atoms with Crippen LogP contribution in [0.3, 0.4) is 0 Å². The maximum Gasteiger partial charge on any atom is 0.286 e. The van der Waals surface area contributed by atoms with Gasteiger partial charge in [0.2, 0.25) is 0 Å². The summed E-state index contributed by atoms with van der Waals surface area (Å²) in [6.07, 6.45) is 5.03. The molecule has 0 aliphatic carbocycles. The van der Waals surface area contributed by atoms with Gasteiger partial charge in [0.1, 0.15) is 11.4 Å². The smallest absolute Gasteiger partial charge is 0.286 e. The monoisotopic (exact) mass is 516 g/mol. The number of thioether (sulfide) groups is 1. The first-order valence-corrected chi connectivity index (χ1v) is 13.5. The van der Waals surface area contributed by atoms with E-state index in [0.29, 0.717) is 11.5 Å². The molecule has 3 heterocycles. The third kappa shape index (κ3) is 5.65. The molecule has 2 unspecified atom stereocenters. The van der Waals surface area contributed by atoms with Crippen LogP contribution < -0.4 is 4.74 Å². The number of amidine groups is 1. The zero-order chi connectivity index (χ0) is 25.9. The van der Waals surface area contributed by atoms with Gasteiger partial charge < -0.3 is 14.4 Å². The van der Waals surface area contributed by atoms with Crippen LogP contribution in [0.1, 0.15) is 38.3 Å². The lowest BCUT2D eigenvalue weighted by Crippen LogP contribution is -2.47. The van der Waals surface area contributed by atoms with Gasteiger partial charge in [-0.15, -0.1) is 0 Å². The molecule has 8 heteroatoms. The van der Waals surface area contributed by atoms with Gasteiger partial charge >= 0.3 is 0 Å². The highest BCUT2D eigenvalue weighted by Gasteiger charge is 2.31. The van der Waals surface area contributed by atoms with E-state index in [9.17, 15) is 4.79 Å². The number of para-hydroxylation sites is 1. The minimum Gasteiger partial charge on any atom is -0.493 e. The summed E-state index contributed by atoms with van der Waals surface area (Å²) in [5, 5.41) is 5.67. The Morgan fingerprint density at radius 3 is 2.59 bits per heavy atom. The largest absolute Gasteiger partial charge is 0.493 e. The van der Waals surface area contributed by atoms with Crippen molar-refractivity contribution in [2.45, 2.75) is 46.3 Å². The molecule has 1 fully saturated rings. The Kier molecular flexibility index (Phi) is 7.48. The van der Waals surface area contributed by atoms with Crippen molar-refractivity contribution in [3.63, 3.8) is 0 Å². The molecule has 0 radical (unpaired) electrons. The predicted molar refractivity (Wildman–Crippen MR) is 149 cm³/mol. The number of nitrogens with zero attached hydrogens (tertiary/aromatic N) is 4. The molecule has 0 N–H and O–H groups in total. The molecular formula is C29H32N4O3S. The highest BCUT2D eigenvalue weighted by atomic mass is 32.2. The van der Waals surface area contributed by atoms with Crippen LogP contribution in [0.4, 0.5) is 0 Å². The summed E-state index contributed by atoms with van der Waals surface area (Å²) in [7, 11) is 0. The van der Waals surface area contributed by atoms with Crippen molar-refractivity contribution in [1.29, 1.82) is 0 Å². The lowest BCUT2D eigenvalue weighted by Gasteiger charge is -2.35. The molecule has 1 saturated heterocycles. The number of aryl methyl sites for hydroxylation is 1. The predicted octanol–water partition coefficient (Wildman–Crippen LogP) is 5.72. The number of rotatable bonds is 6. The maximum absolute atomic E-state index is 12.9. The number of hydrogen-bond acceptors (Lipinski definition) is 6. The Balaban J connectivity index is 1.49. The number of morpholine rings is 1. The molecule has 1 aromatic heterocycles. The fraction of sp³-hybridized carbons (Fsp3) is 0.345. The third-order valence-electron chi connectivity index (χ3n) is 6.26. The fourth-order valence-electron chi connectivity index (χ4n) is 4.61. The number of carbonyl (C=O) groups is 1. The Morgan fingerprint density at radius 2 is 1.89 bits per heavy atom. The molecule has 37 heavy (non-hydrogen) atoms. The van der Waals surface area contributed by atoms with E-state index in [1.165, 1.54) is 11.8 Å². The number of ether oxygens (including phenoxy) is 2. The van der Waals surface area contributed by atoms with Gasteiger partial charge in [-0.2, -0.15) is 10.1 Å². The number of carbonyl (C=O) groups excluding carboxylic acids is 1. The molecule has 7 nitrogen and oxygen atoms in total. The van der Waals surface area contributed by atoms with E-state index in [1.54, 1.807) is 0 Å². The van der Waals surface area contributed by atoms with Gasteiger partial charge in [-0.1, -0.05) is 25.1 Å². The van der Waals surface area contributed by atoms with Crippen LogP contribution in [0.5, 0.6) is 5.75 Å². The van der Waals surface area contributed by atoms with Gasteiger partial charge in [-0.3, -0.25) is 4.79 Å². The van der Waals surface area contributed by atoms with Gasteiger partial charge in [-0.05, 0) is 80.9 Å². The first-order chi connectivity index (χ1) is 17.9. The molecule has 2 aromatic carbocycles. The van der Waals surface area contributed by atoms with E-state index in [1.807, 2.05) is 80.2 Å². The summed E-state index contributed by atoms with van der Waals surface area (Å²) >= 11 is 1.42. The van der Waals surface area contributed by atoms with Crippen molar-refractivity contribution in [3.8, 4) is 22.7 Å². The van der Waals surface area contributed by atoms with Crippen molar-refractivity contribution in [2.24, 2.45) is 4.99 Å². The zero-order valence-corrected chi connectivity index (χ0v) is 22.5. The van der Waals surface area contributed by atoms with Crippen molar-refractivity contribution < 1.29 is 14.3 Å². The highest BCUT2D eigenvalue weighted by Crippen LogP contribution is 2.35. The molecule has 1 amide bonds. The summed E-state index contributed by atoms with van der Waals surface area (Å²) in [6, 6.07) is 16.1. The highest BCUT2D eigenvalue weighted by molar-refractivity contribution is 8.18.